The Morgan fingerprint density at radius 2 is 1.91 bits per heavy atom. The minimum Gasteiger partial charge on any atom is -0.309 e. The van der Waals surface area contributed by atoms with Crippen LogP contribution in [0.15, 0.2) is 60.0 Å². The molecule has 0 aliphatic carbocycles. The lowest BCUT2D eigenvalue weighted by Crippen LogP contribution is -2.56. The van der Waals surface area contributed by atoms with E-state index >= 15 is 0 Å². The Morgan fingerprint density at radius 1 is 1.12 bits per heavy atom. The summed E-state index contributed by atoms with van der Waals surface area (Å²) in [6.07, 6.45) is 3.47. The summed E-state index contributed by atoms with van der Waals surface area (Å²) < 4.78 is 15.6. The molecule has 0 bridgehead atoms. The highest BCUT2D eigenvalue weighted by Gasteiger charge is 2.49. The third kappa shape index (κ3) is 3.54. The van der Waals surface area contributed by atoms with E-state index in [0.29, 0.717) is 12.3 Å². The van der Waals surface area contributed by atoms with Gasteiger partial charge in [-0.2, -0.15) is 14.3 Å². The number of nitrogens with zero attached hydrogens (tertiary/aromatic N) is 3. The normalized spacial score (nSPS) is 20.0. The van der Waals surface area contributed by atoms with Crippen molar-refractivity contribution in [2.75, 3.05) is 18.0 Å². The molecule has 0 saturated heterocycles. The number of carbonyl (C=O) groups excluding carboxylic acids is 3. The number of thioether (sulfide) groups is 1. The maximum Gasteiger partial charge on any atom is 0.501 e. The second kappa shape index (κ2) is 8.35. The summed E-state index contributed by atoms with van der Waals surface area (Å²) in [6.45, 7) is 0.232. The Bertz CT molecular complexity index is 1190. The summed E-state index contributed by atoms with van der Waals surface area (Å²) in [4.78, 5) is 42.4. The first-order valence-electron chi connectivity index (χ1n) is 10.5. The number of fused-ring (bicyclic) bond motifs is 2. The predicted molar refractivity (Wildman–Crippen MR) is 120 cm³/mol. The van der Waals surface area contributed by atoms with Gasteiger partial charge in [-0.05, 0) is 42.0 Å². The van der Waals surface area contributed by atoms with Gasteiger partial charge in [0.1, 0.15) is 18.1 Å². The van der Waals surface area contributed by atoms with Crippen molar-refractivity contribution in [3.05, 3.63) is 77.0 Å². The molecule has 0 radical (unpaired) electrons. The lowest BCUT2D eigenvalue weighted by molar-refractivity contribution is -0.426. The molecule has 32 heavy (non-hydrogen) atoms. The minimum absolute atomic E-state index is 0.175. The van der Waals surface area contributed by atoms with Crippen molar-refractivity contribution in [2.24, 2.45) is 0 Å². The standard InChI is InChI=1S/C24H21FN3O3S/c25-18-9-3-1-7-17(18)14-28-23(30)22-20(11-13-32-22)27(24(28)31)15-21(29)26-12-5-8-16-6-2-4-10-19(16)26/h1-4,6-7,9-11,13,22H,5,8,12,14-15H2/q+1. The molecule has 0 saturated carbocycles. The lowest BCUT2D eigenvalue weighted by Gasteiger charge is -2.30. The number of allylic oxidation sites excluding steroid dienone is 1. The van der Waals surface area contributed by atoms with Crippen molar-refractivity contribution in [3.8, 4) is 0 Å². The molecular weight excluding hydrogens is 429 g/mol. The fraction of sp³-hybridized carbons (Fsp3) is 0.250. The van der Waals surface area contributed by atoms with Crippen LogP contribution in [-0.4, -0.2) is 51.4 Å². The Hall–Kier alpha value is -3.26. The summed E-state index contributed by atoms with van der Waals surface area (Å²) >= 11 is 1.29. The van der Waals surface area contributed by atoms with Crippen LogP contribution in [0.5, 0.6) is 0 Å². The van der Waals surface area contributed by atoms with Crippen LogP contribution in [0.2, 0.25) is 0 Å². The zero-order valence-corrected chi connectivity index (χ0v) is 18.1. The maximum atomic E-state index is 14.2. The van der Waals surface area contributed by atoms with E-state index in [4.69, 9.17) is 0 Å². The topological polar surface area (TPSA) is 60.7 Å². The van der Waals surface area contributed by atoms with Crippen LogP contribution in [-0.2, 0) is 22.6 Å². The fourth-order valence-corrected chi connectivity index (χ4v) is 5.33. The maximum absolute atomic E-state index is 14.2. The Balaban J connectivity index is 1.45. The average Bonchev–Trinajstić information content (AvgIpc) is 3.30. The summed E-state index contributed by atoms with van der Waals surface area (Å²) in [5.41, 5.74) is 2.74. The second-order valence-corrected chi connectivity index (χ2v) is 8.92. The summed E-state index contributed by atoms with van der Waals surface area (Å²) in [5, 5.41) is 1.15. The quantitative estimate of drug-likeness (QED) is 0.671. The van der Waals surface area contributed by atoms with Gasteiger partial charge >= 0.3 is 11.9 Å². The highest BCUT2D eigenvalue weighted by molar-refractivity contribution is 8.04. The molecule has 2 aromatic carbocycles. The van der Waals surface area contributed by atoms with E-state index in [1.807, 2.05) is 24.3 Å². The largest absolute Gasteiger partial charge is 0.501 e. The van der Waals surface area contributed by atoms with E-state index in [1.165, 1.54) is 22.4 Å². The van der Waals surface area contributed by atoms with Gasteiger partial charge in [-0.25, -0.2) is 9.18 Å². The molecule has 0 spiro atoms. The third-order valence-corrected chi connectivity index (χ3v) is 6.99. The van der Waals surface area contributed by atoms with E-state index in [9.17, 15) is 18.8 Å². The van der Waals surface area contributed by atoms with E-state index in [-0.39, 0.29) is 24.6 Å². The lowest BCUT2D eigenvalue weighted by atomic mass is 10.0. The number of para-hydroxylation sites is 1. The first kappa shape index (κ1) is 20.6. The highest BCUT2D eigenvalue weighted by Crippen LogP contribution is 2.30. The molecule has 0 aromatic heterocycles. The number of rotatable bonds is 4. The van der Waals surface area contributed by atoms with Crippen LogP contribution >= 0.6 is 11.8 Å². The number of benzene rings is 2. The SMILES string of the molecule is O=C1C2SC=CC2=[N+](CC(=O)N2CCCc3ccccc32)C(=O)N1Cc1ccccc1F. The van der Waals surface area contributed by atoms with E-state index in [0.717, 1.165) is 29.0 Å². The molecule has 1 unspecified atom stereocenters. The first-order valence-corrected chi connectivity index (χ1v) is 11.4. The van der Waals surface area contributed by atoms with Crippen LogP contribution < -0.4 is 4.90 Å². The molecule has 3 heterocycles. The van der Waals surface area contributed by atoms with Gasteiger partial charge in [0, 0.05) is 17.8 Å². The molecular formula is C24H21FN3O3S+. The average molecular weight is 451 g/mol. The molecule has 1 atom stereocenters. The van der Waals surface area contributed by atoms with Crippen molar-refractivity contribution >= 4 is 41.0 Å². The van der Waals surface area contributed by atoms with Crippen molar-refractivity contribution in [1.82, 2.24) is 4.90 Å². The number of hydrogen-bond donors (Lipinski definition) is 0. The number of halogens is 1. The Labute approximate surface area is 189 Å². The van der Waals surface area contributed by atoms with Gasteiger partial charge in [0.25, 0.3) is 5.91 Å². The van der Waals surface area contributed by atoms with Crippen LogP contribution in [0.1, 0.15) is 17.5 Å². The second-order valence-electron chi connectivity index (χ2n) is 7.91. The van der Waals surface area contributed by atoms with Gasteiger partial charge in [0.2, 0.25) is 0 Å². The zero-order valence-electron chi connectivity index (χ0n) is 17.2. The summed E-state index contributed by atoms with van der Waals surface area (Å²) in [7, 11) is 0. The Morgan fingerprint density at radius 3 is 2.75 bits per heavy atom. The highest BCUT2D eigenvalue weighted by atomic mass is 32.2. The summed E-state index contributed by atoms with van der Waals surface area (Å²) in [6, 6.07) is 13.2. The molecule has 3 aliphatic heterocycles. The van der Waals surface area contributed by atoms with Gasteiger partial charge in [0.15, 0.2) is 11.8 Å². The molecule has 3 aliphatic rings. The van der Waals surface area contributed by atoms with Gasteiger partial charge < -0.3 is 4.90 Å². The number of carbonyl (C=O) groups is 3. The van der Waals surface area contributed by atoms with Gasteiger partial charge in [-0.3, -0.25) is 4.79 Å². The Kier molecular flexibility index (Phi) is 5.38. The molecule has 2 aromatic rings. The molecule has 0 fully saturated rings. The summed E-state index contributed by atoms with van der Waals surface area (Å²) in [5.74, 6) is -1.08. The van der Waals surface area contributed by atoms with Crippen molar-refractivity contribution < 1.29 is 23.3 Å². The predicted octanol–water partition coefficient (Wildman–Crippen LogP) is 3.35. The minimum atomic E-state index is -0.610. The number of urea groups is 1. The number of imide groups is 1. The van der Waals surface area contributed by atoms with E-state index in [2.05, 4.69) is 0 Å². The number of amides is 4. The number of hydrogen-bond acceptors (Lipinski definition) is 4. The van der Waals surface area contributed by atoms with Crippen LogP contribution in [0.4, 0.5) is 14.9 Å². The van der Waals surface area contributed by atoms with E-state index in [1.54, 1.807) is 34.6 Å². The van der Waals surface area contributed by atoms with Gasteiger partial charge in [0.05, 0.1) is 0 Å². The van der Waals surface area contributed by atoms with Crippen molar-refractivity contribution in [1.29, 1.82) is 0 Å². The van der Waals surface area contributed by atoms with Crippen LogP contribution in [0.25, 0.3) is 0 Å². The zero-order chi connectivity index (χ0) is 22.2. The van der Waals surface area contributed by atoms with Crippen LogP contribution in [0.3, 0.4) is 0 Å². The smallest absolute Gasteiger partial charge is 0.309 e. The molecule has 162 valence electrons. The molecule has 8 heteroatoms. The molecule has 5 rings (SSSR count). The van der Waals surface area contributed by atoms with Crippen LogP contribution in [0, 0.1) is 5.82 Å². The number of aryl methyl sites for hydroxylation is 1. The molecule has 6 nitrogen and oxygen atoms in total. The molecule has 0 N–H and O–H groups in total. The van der Waals surface area contributed by atoms with Crippen molar-refractivity contribution in [2.45, 2.75) is 24.6 Å². The first-order chi connectivity index (χ1) is 15.5. The fourth-order valence-electron chi connectivity index (χ4n) is 4.37. The third-order valence-electron chi connectivity index (χ3n) is 5.98. The van der Waals surface area contributed by atoms with E-state index < -0.39 is 23.0 Å². The van der Waals surface area contributed by atoms with Crippen molar-refractivity contribution in [3.63, 3.8) is 0 Å². The van der Waals surface area contributed by atoms with Gasteiger partial charge in [-0.1, -0.05) is 36.4 Å². The molecule has 4 amide bonds. The number of anilines is 1. The monoisotopic (exact) mass is 450 g/mol. The van der Waals surface area contributed by atoms with Gasteiger partial charge in [-0.15, -0.1) is 11.8 Å².